The van der Waals surface area contributed by atoms with Crippen LogP contribution in [0.25, 0.3) is 11.3 Å². The Kier molecular flexibility index (Phi) is 5.85. The Bertz CT molecular complexity index is 815. The summed E-state index contributed by atoms with van der Waals surface area (Å²) in [6, 6.07) is 1.78. The Morgan fingerprint density at radius 3 is 2.64 bits per heavy atom. The summed E-state index contributed by atoms with van der Waals surface area (Å²) >= 11 is 5.21. The van der Waals surface area contributed by atoms with Crippen LogP contribution < -0.4 is 9.47 Å². The van der Waals surface area contributed by atoms with Gasteiger partial charge in [0, 0.05) is 22.9 Å². The monoisotopic (exact) mass is 447 g/mol. The lowest BCUT2D eigenvalue weighted by Crippen LogP contribution is -2.07. The van der Waals surface area contributed by atoms with E-state index in [1.807, 2.05) is 5.51 Å². The molecule has 1 aromatic heterocycles. The molecule has 0 atom stereocenters. The van der Waals surface area contributed by atoms with Crippen LogP contribution in [0.2, 0.25) is 0 Å². The number of benzene rings is 1. The maximum atomic E-state index is 12.7. The molecule has 1 heterocycles. The highest BCUT2D eigenvalue weighted by Crippen LogP contribution is 2.52. The van der Waals surface area contributed by atoms with Crippen LogP contribution in [-0.4, -0.2) is 31.7 Å². The van der Waals surface area contributed by atoms with E-state index in [9.17, 15) is 4.57 Å². The lowest BCUT2D eigenvalue weighted by molar-refractivity contribution is 0.197. The first-order chi connectivity index (χ1) is 12.0. The van der Waals surface area contributed by atoms with E-state index in [1.54, 1.807) is 38.4 Å². The molecule has 9 heteroatoms. The molecule has 1 aromatic carbocycles. The number of fused-ring (bicyclic) bond motifs is 3. The van der Waals surface area contributed by atoms with Gasteiger partial charge in [-0.15, -0.1) is 11.3 Å². The van der Waals surface area contributed by atoms with Gasteiger partial charge in [0.1, 0.15) is 11.5 Å². The molecule has 0 N–H and O–H groups in total. The van der Waals surface area contributed by atoms with E-state index in [0.29, 0.717) is 24.7 Å². The van der Waals surface area contributed by atoms with Crippen molar-refractivity contribution in [1.82, 2.24) is 4.98 Å². The summed E-state index contributed by atoms with van der Waals surface area (Å²) in [6.07, 6.45) is 0.601. The number of methoxy groups -OCH3 is 1. The third kappa shape index (κ3) is 3.64. The molecule has 0 amide bonds. The molecule has 3 rings (SSSR count). The molecule has 0 saturated carbocycles. The Morgan fingerprint density at radius 1 is 1.28 bits per heavy atom. The first-order valence-corrected chi connectivity index (χ1v) is 11.3. The summed E-state index contributed by atoms with van der Waals surface area (Å²) in [5.41, 5.74) is 4.69. The van der Waals surface area contributed by atoms with Crippen LogP contribution in [0.15, 0.2) is 16.0 Å². The topological polar surface area (TPSA) is 66.9 Å². The second-order valence-corrected chi connectivity index (χ2v) is 8.99. The van der Waals surface area contributed by atoms with Crippen molar-refractivity contribution in [1.29, 1.82) is 0 Å². The molecule has 1 aliphatic rings. The third-order valence-electron chi connectivity index (χ3n) is 3.76. The zero-order valence-electron chi connectivity index (χ0n) is 14.2. The maximum Gasteiger partial charge on any atom is 0.367 e. The van der Waals surface area contributed by atoms with Gasteiger partial charge in [-0.1, -0.05) is 0 Å². The van der Waals surface area contributed by atoms with Gasteiger partial charge in [0.25, 0.3) is 0 Å². The van der Waals surface area contributed by atoms with Crippen LogP contribution in [0.1, 0.15) is 24.3 Å². The quantitative estimate of drug-likeness (QED) is 0.448. The lowest BCUT2D eigenvalue weighted by atomic mass is 10.1. The maximum absolute atomic E-state index is 12.7. The Hall–Kier alpha value is -0.920. The molecule has 0 saturated heterocycles. The van der Waals surface area contributed by atoms with Crippen LogP contribution >= 0.6 is 34.9 Å². The second-order valence-electron chi connectivity index (χ2n) is 5.27. The number of hydrogen-bond acceptors (Lipinski definition) is 7. The Balaban J connectivity index is 1.97. The number of thiazole rings is 1. The lowest BCUT2D eigenvalue weighted by Gasteiger charge is -2.19. The zero-order valence-corrected chi connectivity index (χ0v) is 17.5. The molecule has 0 spiro atoms. The SMILES string of the molecule is CCOP(=O)(COc1cc(OC)c(Br)c2c1-c1ncsc1C2)OCC. The molecule has 25 heavy (non-hydrogen) atoms. The van der Waals surface area contributed by atoms with Crippen molar-refractivity contribution in [2.75, 3.05) is 26.7 Å². The number of hydrogen-bond donors (Lipinski definition) is 0. The van der Waals surface area contributed by atoms with Gasteiger partial charge >= 0.3 is 7.60 Å². The smallest absolute Gasteiger partial charge is 0.367 e. The minimum absolute atomic E-state index is 0.161. The van der Waals surface area contributed by atoms with Crippen molar-refractivity contribution < 1.29 is 23.1 Å². The van der Waals surface area contributed by atoms with Gasteiger partial charge < -0.3 is 18.5 Å². The first-order valence-electron chi connectivity index (χ1n) is 7.86. The molecule has 0 fully saturated rings. The molecular formula is C16H19BrNO5PS. The number of ether oxygens (including phenoxy) is 2. The van der Waals surface area contributed by atoms with Crippen LogP contribution in [0.3, 0.4) is 0 Å². The summed E-state index contributed by atoms with van der Waals surface area (Å²) in [5.74, 6) is 1.23. The molecule has 2 aromatic rings. The standard InChI is InChI=1S/C16H19BrNO5PS/c1-4-22-24(19,23-5-2)9-21-11-7-12(20-3)15(17)10-6-13-16(14(10)11)18-8-25-13/h7-8H,4-6,9H2,1-3H3. The Labute approximate surface area is 159 Å². The predicted octanol–water partition coefficient (Wildman–Crippen LogP) is 5.09. The number of aromatic nitrogens is 1. The largest absolute Gasteiger partial charge is 0.495 e. The summed E-state index contributed by atoms with van der Waals surface area (Å²) < 4.78 is 35.5. The number of halogens is 1. The van der Waals surface area contributed by atoms with Crippen LogP contribution in [-0.2, 0) is 20.0 Å². The minimum Gasteiger partial charge on any atom is -0.495 e. The second kappa shape index (κ2) is 7.76. The van der Waals surface area contributed by atoms with E-state index >= 15 is 0 Å². The molecule has 0 unspecified atom stereocenters. The van der Waals surface area contributed by atoms with Gasteiger partial charge in [0.05, 0.1) is 36.0 Å². The molecule has 0 radical (unpaired) electrons. The predicted molar refractivity (Wildman–Crippen MR) is 101 cm³/mol. The first kappa shape index (κ1) is 18.9. The summed E-state index contributed by atoms with van der Waals surface area (Å²) in [4.78, 5) is 5.63. The van der Waals surface area contributed by atoms with Crippen molar-refractivity contribution in [3.8, 4) is 22.8 Å². The summed E-state index contributed by atoms with van der Waals surface area (Å²) in [7, 11) is -1.71. The van der Waals surface area contributed by atoms with Gasteiger partial charge in [-0.2, -0.15) is 0 Å². The van der Waals surface area contributed by atoms with E-state index in [4.69, 9.17) is 18.5 Å². The fourth-order valence-electron chi connectivity index (χ4n) is 2.76. The molecule has 0 bridgehead atoms. The zero-order chi connectivity index (χ0) is 18.0. The average molecular weight is 448 g/mol. The van der Waals surface area contributed by atoms with Crippen molar-refractivity contribution in [2.24, 2.45) is 0 Å². The van der Waals surface area contributed by atoms with Gasteiger partial charge in [-0.3, -0.25) is 4.57 Å². The summed E-state index contributed by atoms with van der Waals surface area (Å²) in [5, 5.41) is 0. The fourth-order valence-corrected chi connectivity index (χ4v) is 5.47. The van der Waals surface area contributed by atoms with Crippen molar-refractivity contribution in [3.05, 3.63) is 26.5 Å². The highest BCUT2D eigenvalue weighted by atomic mass is 79.9. The van der Waals surface area contributed by atoms with Crippen LogP contribution in [0.5, 0.6) is 11.5 Å². The fraction of sp³-hybridized carbons (Fsp3) is 0.438. The molecular weight excluding hydrogens is 429 g/mol. The molecule has 6 nitrogen and oxygen atoms in total. The van der Waals surface area contributed by atoms with E-state index in [1.165, 1.54) is 4.88 Å². The van der Waals surface area contributed by atoms with Crippen molar-refractivity contribution in [3.63, 3.8) is 0 Å². The highest BCUT2D eigenvalue weighted by Gasteiger charge is 2.31. The number of nitrogens with zero attached hydrogens (tertiary/aromatic N) is 1. The van der Waals surface area contributed by atoms with E-state index < -0.39 is 7.60 Å². The normalized spacial score (nSPS) is 12.8. The Morgan fingerprint density at radius 2 is 2.00 bits per heavy atom. The van der Waals surface area contributed by atoms with Crippen molar-refractivity contribution >= 4 is 34.9 Å². The van der Waals surface area contributed by atoms with E-state index in [2.05, 4.69) is 20.9 Å². The average Bonchev–Trinajstić information content (AvgIpc) is 3.16. The highest BCUT2D eigenvalue weighted by molar-refractivity contribution is 9.10. The molecule has 0 aliphatic heterocycles. The van der Waals surface area contributed by atoms with Gasteiger partial charge in [0.2, 0.25) is 0 Å². The van der Waals surface area contributed by atoms with Gasteiger partial charge in [-0.25, -0.2) is 4.98 Å². The van der Waals surface area contributed by atoms with E-state index in [0.717, 1.165) is 27.7 Å². The van der Waals surface area contributed by atoms with E-state index in [-0.39, 0.29) is 6.35 Å². The van der Waals surface area contributed by atoms with Gasteiger partial charge in [0.15, 0.2) is 6.35 Å². The molecule has 136 valence electrons. The number of rotatable bonds is 8. The minimum atomic E-state index is -3.31. The molecule has 1 aliphatic carbocycles. The van der Waals surface area contributed by atoms with Gasteiger partial charge in [-0.05, 0) is 35.3 Å². The van der Waals surface area contributed by atoms with Crippen LogP contribution in [0, 0.1) is 0 Å². The summed E-state index contributed by atoms with van der Waals surface area (Å²) in [6.45, 7) is 4.12. The third-order valence-corrected chi connectivity index (χ3v) is 7.21. The van der Waals surface area contributed by atoms with Crippen molar-refractivity contribution in [2.45, 2.75) is 20.3 Å². The van der Waals surface area contributed by atoms with Crippen LogP contribution in [0.4, 0.5) is 0 Å².